The number of hydrogen-bond donors (Lipinski definition) is 0. The van der Waals surface area contributed by atoms with E-state index in [4.69, 9.17) is 37.9 Å². The molecule has 10 unspecified atom stereocenters. The molecule has 16 fully saturated rings. The molecule has 16 heteroatoms. The first-order chi connectivity index (χ1) is 47.5. The Morgan fingerprint density at radius 1 is 0.412 bits per heavy atom. The van der Waals surface area contributed by atoms with Gasteiger partial charge in [0.15, 0.2) is 0 Å². The first-order valence-electron chi connectivity index (χ1n) is 40.3. The smallest absolute Gasteiger partial charge is 0.333 e. The molecule has 2 aliphatic heterocycles. The molecule has 12 bridgehead atoms. The highest BCUT2D eigenvalue weighted by atomic mass is 16.6. The van der Waals surface area contributed by atoms with Crippen LogP contribution in [0.2, 0.25) is 0 Å². The van der Waals surface area contributed by atoms with Crippen molar-refractivity contribution in [2.45, 2.75) is 358 Å². The van der Waals surface area contributed by atoms with E-state index in [2.05, 4.69) is 68.2 Å². The molecule has 0 aromatic carbocycles. The van der Waals surface area contributed by atoms with Crippen LogP contribution in [0.1, 0.15) is 311 Å². The van der Waals surface area contributed by atoms with Crippen molar-refractivity contribution < 1.29 is 76.3 Å². The van der Waals surface area contributed by atoms with Crippen LogP contribution >= 0.6 is 0 Å². The van der Waals surface area contributed by atoms with Gasteiger partial charge in [-0.2, -0.15) is 0 Å². The fourth-order valence-corrected chi connectivity index (χ4v) is 21.4. The van der Waals surface area contributed by atoms with Gasteiger partial charge in [-0.3, -0.25) is 24.0 Å². The Bertz CT molecular complexity index is 3050. The van der Waals surface area contributed by atoms with Crippen molar-refractivity contribution >= 4 is 47.8 Å². The second-order valence-corrected chi connectivity index (χ2v) is 38.1. The number of esters is 8. The molecule has 2 heterocycles. The average Bonchev–Trinajstić information content (AvgIpc) is 1.18. The number of carbonyl (C=O) groups excluding carboxylic acids is 8. The molecule has 0 radical (unpaired) electrons. The Balaban J connectivity index is 0.000000143. The van der Waals surface area contributed by atoms with Gasteiger partial charge in [-0.1, -0.05) is 54.4 Å². The Hall–Kier alpha value is -5.02. The van der Waals surface area contributed by atoms with Gasteiger partial charge >= 0.3 is 47.8 Å². The van der Waals surface area contributed by atoms with Crippen molar-refractivity contribution in [2.24, 2.45) is 98.1 Å². The average molecular weight is 1420 g/mol. The van der Waals surface area contributed by atoms with Crippen LogP contribution in [0.4, 0.5) is 0 Å². The van der Waals surface area contributed by atoms with Gasteiger partial charge in [0.2, 0.25) is 0 Å². The van der Waals surface area contributed by atoms with E-state index in [-0.39, 0.29) is 134 Å². The molecule has 16 rings (SSSR count). The molecule has 0 N–H and O–H groups in total. The lowest BCUT2D eigenvalue weighted by Crippen LogP contribution is -2.58. The molecule has 16 nitrogen and oxygen atoms in total. The predicted octanol–water partition coefficient (Wildman–Crippen LogP) is 18.6. The summed E-state index contributed by atoms with van der Waals surface area (Å²) in [5, 5.41) is 0. The van der Waals surface area contributed by atoms with E-state index in [9.17, 15) is 38.4 Å². The number of ether oxygens (including phenoxy) is 8. The lowest BCUT2D eigenvalue weighted by molar-refractivity contribution is -0.206. The van der Waals surface area contributed by atoms with Crippen LogP contribution in [0.25, 0.3) is 0 Å². The summed E-state index contributed by atoms with van der Waals surface area (Å²) in [7, 11) is 0. The maximum absolute atomic E-state index is 12.6. The second kappa shape index (κ2) is 31.1. The highest BCUT2D eigenvalue weighted by Gasteiger charge is 2.66. The SMILES string of the molecule is C=C(C)C(=O)OC(C)(C)C12CC3CC(CC(C3)C1)C2.C=C(C)C(=O)OC1(CC)CCCC1.C=C(C)C(=O)OC1C2CC3C(=O)OC1C3C2.CCC(C)(C)C(=O)OC(C)(C)C12CC3CC(CC(C3)C1)C2.CCC(C)(C)C(=O)OC1C2CC3C(=O)OC1C3C2.CCC1(OC(=O)C(C)(C)CC)CCCC1. The molecule has 14 aliphatic carbocycles. The van der Waals surface area contributed by atoms with E-state index in [1.54, 1.807) is 20.8 Å². The zero-order valence-corrected chi connectivity index (χ0v) is 66.4. The normalized spacial score (nSPS) is 35.0. The third-order valence-corrected chi connectivity index (χ3v) is 28.9. The summed E-state index contributed by atoms with van der Waals surface area (Å²) in [5.41, 5.74) is -0.228. The number of hydrogen-bond acceptors (Lipinski definition) is 16. The molecule has 2 saturated heterocycles. The zero-order chi connectivity index (χ0) is 75.3. The van der Waals surface area contributed by atoms with Gasteiger partial charge < -0.3 is 37.9 Å². The summed E-state index contributed by atoms with van der Waals surface area (Å²) in [5.74, 6) is 5.47. The summed E-state index contributed by atoms with van der Waals surface area (Å²) >= 11 is 0. The van der Waals surface area contributed by atoms with Gasteiger partial charge in [0.25, 0.3) is 0 Å². The van der Waals surface area contributed by atoms with E-state index >= 15 is 0 Å². The van der Waals surface area contributed by atoms with Crippen LogP contribution in [0.15, 0.2) is 36.5 Å². The molecule has 16 aliphatic rings. The van der Waals surface area contributed by atoms with Crippen molar-refractivity contribution in [2.75, 3.05) is 0 Å². The number of carbonyl (C=O) groups is 8. The van der Waals surface area contributed by atoms with Crippen molar-refractivity contribution in [1.82, 2.24) is 0 Å². The van der Waals surface area contributed by atoms with Gasteiger partial charge in [0.1, 0.15) is 46.8 Å². The van der Waals surface area contributed by atoms with Crippen LogP contribution in [0.3, 0.4) is 0 Å². The van der Waals surface area contributed by atoms with E-state index in [0.717, 1.165) is 119 Å². The number of rotatable bonds is 19. The van der Waals surface area contributed by atoms with Crippen LogP contribution in [0, 0.1) is 98.1 Å². The summed E-state index contributed by atoms with van der Waals surface area (Å²) in [4.78, 5) is 94.5. The molecule has 0 amide bonds. The lowest BCUT2D eigenvalue weighted by atomic mass is 9.46. The maximum atomic E-state index is 12.6. The van der Waals surface area contributed by atoms with Gasteiger partial charge in [-0.05, 0) is 312 Å². The Morgan fingerprint density at radius 2 is 0.735 bits per heavy atom. The zero-order valence-electron chi connectivity index (χ0n) is 66.4. The van der Waals surface area contributed by atoms with Gasteiger partial charge in [0.05, 0.1) is 28.1 Å². The van der Waals surface area contributed by atoms with E-state index in [1.807, 2.05) is 55.4 Å². The van der Waals surface area contributed by atoms with Crippen molar-refractivity contribution in [3.63, 3.8) is 0 Å². The Morgan fingerprint density at radius 3 is 1.08 bits per heavy atom. The van der Waals surface area contributed by atoms with Crippen molar-refractivity contribution in [3.8, 4) is 0 Å². The first kappa shape index (κ1) is 81.1. The predicted molar refractivity (Wildman–Crippen MR) is 392 cm³/mol. The summed E-state index contributed by atoms with van der Waals surface area (Å²) in [6, 6.07) is 0. The minimum absolute atomic E-state index is 0.00857. The standard InChI is InChI=1S/C19H32O2.C17H26O2.C14H20O4.C13H24O2.C12H14O4.C11H18O2/c1-6-17(2,3)16(20)21-18(4,5)19-10-13-7-14(11-19)9-15(8-13)12-19;1-11(2)15(18)19-16(3,4)17-8-12-5-13(9-17)7-14(6-12)10-17;1-4-14(2,3)13(16)18-10-7-5-8-9(6-7)12(15)17-11(8)10;1-5-12(3,4)11(14)15-13(6-2)9-7-8-10-13;1-5(2)11(13)15-9-6-3-7-8(4-6)12(14)16-10(7)9;1-4-11(7-5-6-8-11)13-10(12)9(2)3/h13-15H,6-12H2,1-5H3;12-14H,1,5-10H2,2-4H3;7-11H,4-6H2,1-3H3;5-10H2,1-4H3;6-10H,1,3-4H2,2H3;2,4-8H2,1,3H3. The van der Waals surface area contributed by atoms with Crippen molar-refractivity contribution in [3.05, 3.63) is 36.5 Å². The fourth-order valence-electron chi connectivity index (χ4n) is 21.4. The molecule has 574 valence electrons. The largest absolute Gasteiger partial charge is 0.459 e. The summed E-state index contributed by atoms with van der Waals surface area (Å²) in [6.07, 6.45) is 32.2. The highest BCUT2D eigenvalue weighted by molar-refractivity contribution is 5.88. The van der Waals surface area contributed by atoms with Gasteiger partial charge in [-0.15, -0.1) is 0 Å². The highest BCUT2D eigenvalue weighted by Crippen LogP contribution is 2.66. The van der Waals surface area contributed by atoms with E-state index in [0.29, 0.717) is 34.5 Å². The molecular weight excluding hydrogens is 1290 g/mol. The van der Waals surface area contributed by atoms with Gasteiger partial charge in [-0.25, -0.2) is 14.4 Å². The van der Waals surface area contributed by atoms with Crippen LogP contribution in [-0.2, 0) is 76.3 Å². The van der Waals surface area contributed by atoms with Crippen LogP contribution < -0.4 is 0 Å². The topological polar surface area (TPSA) is 210 Å². The van der Waals surface area contributed by atoms with E-state index in [1.165, 1.54) is 103 Å². The second-order valence-electron chi connectivity index (χ2n) is 38.1. The molecule has 0 aromatic heterocycles. The third kappa shape index (κ3) is 17.0. The Kier molecular flexibility index (Phi) is 24.7. The van der Waals surface area contributed by atoms with Crippen LogP contribution in [-0.4, -0.2) is 94.6 Å². The molecule has 10 atom stereocenters. The maximum Gasteiger partial charge on any atom is 0.333 e. The minimum Gasteiger partial charge on any atom is -0.459 e. The summed E-state index contributed by atoms with van der Waals surface area (Å²) < 4.78 is 44.9. The Labute approximate surface area is 613 Å². The number of fused-ring (bicyclic) bond motifs is 2. The third-order valence-electron chi connectivity index (χ3n) is 28.9. The molecule has 0 aromatic rings. The quantitative estimate of drug-likeness (QED) is 0.0668. The summed E-state index contributed by atoms with van der Waals surface area (Å²) in [6.45, 7) is 46.5. The molecule has 14 saturated carbocycles. The molecule has 0 spiro atoms. The fraction of sp³-hybridized carbons (Fsp3) is 0.837. The monoisotopic (exact) mass is 1420 g/mol. The van der Waals surface area contributed by atoms with Crippen LogP contribution in [0.5, 0.6) is 0 Å². The van der Waals surface area contributed by atoms with Crippen molar-refractivity contribution in [1.29, 1.82) is 0 Å². The minimum atomic E-state index is -0.455. The first-order valence-corrected chi connectivity index (χ1v) is 40.3. The molecular formula is C86H134O16. The molecule has 102 heavy (non-hydrogen) atoms. The lowest BCUT2D eigenvalue weighted by Gasteiger charge is -2.61. The van der Waals surface area contributed by atoms with Gasteiger partial charge in [0, 0.05) is 51.2 Å². The van der Waals surface area contributed by atoms with E-state index < -0.39 is 5.41 Å².